The predicted molar refractivity (Wildman–Crippen MR) is 71.7 cm³/mol. The standard InChI is InChI=1S/C15H30O/c1-4-7-8-9-10-11-15(16)13-12-14(5-2)6-3/h14H,4-13H2,1-3H3. The molecule has 0 aliphatic heterocycles. The first-order valence-electron chi connectivity index (χ1n) is 7.26. The molecule has 16 heavy (non-hydrogen) atoms. The van der Waals surface area contributed by atoms with Crippen LogP contribution in [0.25, 0.3) is 0 Å². The molecule has 0 bridgehead atoms. The van der Waals surface area contributed by atoms with E-state index < -0.39 is 0 Å². The molecule has 0 aliphatic rings. The highest BCUT2D eigenvalue weighted by Gasteiger charge is 2.07. The maximum atomic E-state index is 11.6. The van der Waals surface area contributed by atoms with Crippen LogP contribution in [-0.4, -0.2) is 5.78 Å². The first-order valence-corrected chi connectivity index (χ1v) is 7.26. The fourth-order valence-corrected chi connectivity index (χ4v) is 2.11. The Balaban J connectivity index is 3.37. The van der Waals surface area contributed by atoms with Crippen molar-refractivity contribution >= 4 is 5.78 Å². The Hall–Kier alpha value is -0.330. The molecule has 0 aromatic rings. The van der Waals surface area contributed by atoms with Crippen LogP contribution in [0.5, 0.6) is 0 Å². The van der Waals surface area contributed by atoms with Crippen molar-refractivity contribution in [1.82, 2.24) is 0 Å². The maximum absolute atomic E-state index is 11.6. The first kappa shape index (κ1) is 15.7. The SMILES string of the molecule is CCCCCCCC(=O)CCC(CC)CC. The molecule has 0 unspecified atom stereocenters. The van der Waals surface area contributed by atoms with E-state index in [0.717, 1.165) is 31.6 Å². The topological polar surface area (TPSA) is 17.1 Å². The van der Waals surface area contributed by atoms with Gasteiger partial charge >= 0.3 is 0 Å². The number of carbonyl (C=O) groups is 1. The first-order chi connectivity index (χ1) is 7.74. The highest BCUT2D eigenvalue weighted by Crippen LogP contribution is 2.16. The Morgan fingerprint density at radius 3 is 2.06 bits per heavy atom. The van der Waals surface area contributed by atoms with Gasteiger partial charge in [-0.3, -0.25) is 4.79 Å². The Bertz CT molecular complexity index is 159. The smallest absolute Gasteiger partial charge is 0.132 e. The highest BCUT2D eigenvalue weighted by molar-refractivity contribution is 5.78. The third-order valence-electron chi connectivity index (χ3n) is 3.55. The molecule has 0 spiro atoms. The third kappa shape index (κ3) is 8.94. The van der Waals surface area contributed by atoms with Crippen LogP contribution in [0, 0.1) is 5.92 Å². The Morgan fingerprint density at radius 1 is 0.875 bits per heavy atom. The van der Waals surface area contributed by atoms with Crippen LogP contribution in [0.4, 0.5) is 0 Å². The Morgan fingerprint density at radius 2 is 1.50 bits per heavy atom. The molecule has 0 aliphatic carbocycles. The van der Waals surface area contributed by atoms with Crippen molar-refractivity contribution in [3.05, 3.63) is 0 Å². The molecular formula is C15H30O. The van der Waals surface area contributed by atoms with Gasteiger partial charge in [-0.05, 0) is 18.8 Å². The summed E-state index contributed by atoms with van der Waals surface area (Å²) in [4.78, 5) is 11.6. The molecule has 0 aromatic carbocycles. The van der Waals surface area contributed by atoms with Gasteiger partial charge in [0.05, 0.1) is 0 Å². The average Bonchev–Trinajstić information content (AvgIpc) is 2.30. The normalized spacial score (nSPS) is 11.0. The second kappa shape index (κ2) is 11.2. The zero-order chi connectivity index (χ0) is 12.2. The summed E-state index contributed by atoms with van der Waals surface area (Å²) >= 11 is 0. The Kier molecular flexibility index (Phi) is 10.9. The van der Waals surface area contributed by atoms with Crippen LogP contribution in [0.2, 0.25) is 0 Å². The zero-order valence-electron chi connectivity index (χ0n) is 11.6. The van der Waals surface area contributed by atoms with Crippen molar-refractivity contribution in [2.45, 2.75) is 85.0 Å². The summed E-state index contributed by atoms with van der Waals surface area (Å²) in [6.45, 7) is 6.67. The summed E-state index contributed by atoms with van der Waals surface area (Å²) < 4.78 is 0. The third-order valence-corrected chi connectivity index (χ3v) is 3.55. The van der Waals surface area contributed by atoms with Crippen LogP contribution in [0.1, 0.15) is 85.0 Å². The quantitative estimate of drug-likeness (QED) is 0.446. The predicted octanol–water partition coefficient (Wildman–Crippen LogP) is 5.13. The summed E-state index contributed by atoms with van der Waals surface area (Å²) in [6.07, 6.45) is 11.5. The van der Waals surface area contributed by atoms with Gasteiger partial charge in [-0.15, -0.1) is 0 Å². The summed E-state index contributed by atoms with van der Waals surface area (Å²) in [6, 6.07) is 0. The summed E-state index contributed by atoms with van der Waals surface area (Å²) in [5.41, 5.74) is 0. The maximum Gasteiger partial charge on any atom is 0.132 e. The molecule has 0 saturated carbocycles. The van der Waals surface area contributed by atoms with Crippen molar-refractivity contribution in [3.63, 3.8) is 0 Å². The van der Waals surface area contributed by atoms with Gasteiger partial charge in [0.2, 0.25) is 0 Å². The zero-order valence-corrected chi connectivity index (χ0v) is 11.6. The summed E-state index contributed by atoms with van der Waals surface area (Å²) in [7, 11) is 0. The van der Waals surface area contributed by atoms with Crippen LogP contribution in [-0.2, 0) is 4.79 Å². The largest absolute Gasteiger partial charge is 0.300 e. The van der Waals surface area contributed by atoms with Gasteiger partial charge in [0, 0.05) is 12.8 Å². The van der Waals surface area contributed by atoms with Gasteiger partial charge in [-0.25, -0.2) is 0 Å². The monoisotopic (exact) mass is 226 g/mol. The molecule has 96 valence electrons. The van der Waals surface area contributed by atoms with Crippen molar-refractivity contribution < 1.29 is 4.79 Å². The van der Waals surface area contributed by atoms with Gasteiger partial charge in [-0.2, -0.15) is 0 Å². The van der Waals surface area contributed by atoms with Gasteiger partial charge in [-0.1, -0.05) is 59.3 Å². The van der Waals surface area contributed by atoms with Crippen molar-refractivity contribution in [2.24, 2.45) is 5.92 Å². The minimum absolute atomic E-state index is 0.489. The number of carbonyl (C=O) groups excluding carboxylic acids is 1. The van der Waals surface area contributed by atoms with Gasteiger partial charge in [0.1, 0.15) is 5.78 Å². The van der Waals surface area contributed by atoms with E-state index in [1.807, 2.05) is 0 Å². The fraction of sp³-hybridized carbons (Fsp3) is 0.933. The molecular weight excluding hydrogens is 196 g/mol. The number of Topliss-reactive ketones (excluding diaryl/α,β-unsaturated/α-hetero) is 1. The van der Waals surface area contributed by atoms with Gasteiger partial charge in [0.15, 0.2) is 0 Å². The van der Waals surface area contributed by atoms with Crippen molar-refractivity contribution in [1.29, 1.82) is 0 Å². The molecule has 0 heterocycles. The molecule has 1 nitrogen and oxygen atoms in total. The van der Waals surface area contributed by atoms with Crippen LogP contribution < -0.4 is 0 Å². The average molecular weight is 226 g/mol. The number of unbranched alkanes of at least 4 members (excludes halogenated alkanes) is 4. The highest BCUT2D eigenvalue weighted by atomic mass is 16.1. The number of hydrogen-bond acceptors (Lipinski definition) is 1. The van der Waals surface area contributed by atoms with Gasteiger partial charge in [0.25, 0.3) is 0 Å². The van der Waals surface area contributed by atoms with Gasteiger partial charge < -0.3 is 0 Å². The summed E-state index contributed by atoms with van der Waals surface area (Å²) in [5, 5.41) is 0. The molecule has 0 rings (SSSR count). The molecule has 0 aromatic heterocycles. The lowest BCUT2D eigenvalue weighted by molar-refractivity contribution is -0.119. The number of ketones is 1. The number of hydrogen-bond donors (Lipinski definition) is 0. The molecule has 1 heteroatoms. The van der Waals surface area contributed by atoms with Crippen molar-refractivity contribution in [2.75, 3.05) is 0 Å². The number of rotatable bonds is 11. The van der Waals surface area contributed by atoms with E-state index in [9.17, 15) is 4.79 Å². The molecule has 0 N–H and O–H groups in total. The van der Waals surface area contributed by atoms with Crippen LogP contribution in [0.3, 0.4) is 0 Å². The van der Waals surface area contributed by atoms with Crippen LogP contribution >= 0.6 is 0 Å². The van der Waals surface area contributed by atoms with Crippen LogP contribution in [0.15, 0.2) is 0 Å². The van der Waals surface area contributed by atoms with Crippen molar-refractivity contribution in [3.8, 4) is 0 Å². The molecule has 0 radical (unpaired) electrons. The molecule has 0 atom stereocenters. The van der Waals surface area contributed by atoms with E-state index >= 15 is 0 Å². The van der Waals surface area contributed by atoms with E-state index in [2.05, 4.69) is 20.8 Å². The lowest BCUT2D eigenvalue weighted by Gasteiger charge is -2.10. The van der Waals surface area contributed by atoms with E-state index in [1.165, 1.54) is 38.5 Å². The lowest BCUT2D eigenvalue weighted by atomic mass is 9.95. The van der Waals surface area contributed by atoms with E-state index in [0.29, 0.717) is 5.78 Å². The second-order valence-corrected chi connectivity index (χ2v) is 4.92. The van der Waals surface area contributed by atoms with E-state index in [-0.39, 0.29) is 0 Å². The molecule has 0 fully saturated rings. The minimum atomic E-state index is 0.489. The molecule has 0 amide bonds. The minimum Gasteiger partial charge on any atom is -0.300 e. The fourth-order valence-electron chi connectivity index (χ4n) is 2.11. The second-order valence-electron chi connectivity index (χ2n) is 4.92. The van der Waals surface area contributed by atoms with E-state index in [4.69, 9.17) is 0 Å². The lowest BCUT2D eigenvalue weighted by Crippen LogP contribution is -2.03. The van der Waals surface area contributed by atoms with E-state index in [1.54, 1.807) is 0 Å². The molecule has 0 saturated heterocycles. The Labute approximate surface area is 102 Å². The summed E-state index contributed by atoms with van der Waals surface area (Å²) in [5.74, 6) is 1.26.